The van der Waals surface area contributed by atoms with Gasteiger partial charge in [-0.1, -0.05) is 84.0 Å². The van der Waals surface area contributed by atoms with Crippen LogP contribution in [-0.4, -0.2) is 27.3 Å². The third-order valence-electron chi connectivity index (χ3n) is 8.61. The number of allylic oxidation sites excluding steroid dienone is 3. The maximum absolute atomic E-state index is 9.92. The van der Waals surface area contributed by atoms with Crippen LogP contribution in [0.4, 0.5) is 0 Å². The van der Waals surface area contributed by atoms with Crippen molar-refractivity contribution in [2.24, 2.45) is 0 Å². The van der Waals surface area contributed by atoms with Crippen LogP contribution >= 0.6 is 0 Å². The smallest absolute Gasteiger partial charge is 0.192 e. The fourth-order valence-electron chi connectivity index (χ4n) is 3.51. The van der Waals surface area contributed by atoms with Gasteiger partial charge >= 0.3 is 0 Å². The van der Waals surface area contributed by atoms with Crippen molar-refractivity contribution < 1.29 is 18.7 Å². The minimum Gasteiger partial charge on any atom is -0.489 e. The van der Waals surface area contributed by atoms with Gasteiger partial charge in [-0.25, -0.2) is 0 Å². The van der Waals surface area contributed by atoms with Crippen LogP contribution in [0.3, 0.4) is 0 Å². The summed E-state index contributed by atoms with van der Waals surface area (Å²) in [5, 5.41) is 10.2. The van der Waals surface area contributed by atoms with Gasteiger partial charge < -0.3 is 18.7 Å². The molecular weight excluding hydrogens is 541 g/mol. The van der Waals surface area contributed by atoms with Gasteiger partial charge in [0.2, 0.25) is 0 Å². The highest BCUT2D eigenvalue weighted by atomic mass is 28.4. The number of benzene rings is 2. The quantitative estimate of drug-likeness (QED) is 0.196. The molecule has 0 saturated carbocycles. The Bertz CT molecular complexity index is 1210. The predicted molar refractivity (Wildman–Crippen MR) is 180 cm³/mol. The minimum atomic E-state index is -1.92. The fraction of sp³-hybridized carbons (Fsp3) is 0.543. The summed E-state index contributed by atoms with van der Waals surface area (Å²) in [5.41, 5.74) is 4.84. The maximum atomic E-state index is 9.92. The van der Waals surface area contributed by atoms with Gasteiger partial charge in [-0.15, -0.1) is 0 Å². The second-order valence-corrected chi connectivity index (χ2v) is 24.5. The standard InChI is InChI=1S/C35H56O4Si2/c1-27(16-15-21-35(8,9)36)29-18-14-17-28(22-29)24-37-32-20-19-30(25-38-40(10,11)33(2,3)4)31(23-32)26-39-41(12,13)34(5,6)7/h14-23,36H,24-26H2,1-13H3/b21-15+,27-16-. The molecule has 0 spiro atoms. The van der Waals surface area contributed by atoms with E-state index in [0.29, 0.717) is 19.8 Å². The average Bonchev–Trinajstić information content (AvgIpc) is 2.83. The first-order valence-corrected chi connectivity index (χ1v) is 20.6. The normalized spacial score (nSPS) is 14.1. The largest absolute Gasteiger partial charge is 0.489 e. The van der Waals surface area contributed by atoms with Gasteiger partial charge in [0, 0.05) is 0 Å². The topological polar surface area (TPSA) is 47.9 Å². The van der Waals surface area contributed by atoms with Crippen molar-refractivity contribution in [2.75, 3.05) is 0 Å². The molecule has 1 N–H and O–H groups in total. The van der Waals surface area contributed by atoms with Crippen molar-refractivity contribution in [3.05, 3.63) is 82.9 Å². The average molecular weight is 597 g/mol. The molecule has 0 aliphatic carbocycles. The molecule has 0 amide bonds. The number of rotatable bonds is 12. The van der Waals surface area contributed by atoms with Gasteiger partial charge in [0.25, 0.3) is 0 Å². The predicted octanol–water partition coefficient (Wildman–Crippen LogP) is 10.0. The molecule has 4 nitrogen and oxygen atoms in total. The second-order valence-electron chi connectivity index (χ2n) is 14.9. The molecule has 0 atom stereocenters. The van der Waals surface area contributed by atoms with Crippen LogP contribution in [0.25, 0.3) is 5.57 Å². The summed E-state index contributed by atoms with van der Waals surface area (Å²) in [6.45, 7) is 30.1. The third kappa shape index (κ3) is 11.0. The summed E-state index contributed by atoms with van der Waals surface area (Å²) in [7, 11) is -3.81. The molecular formula is C35H56O4Si2. The van der Waals surface area contributed by atoms with E-state index in [2.05, 4.69) is 117 Å². The molecule has 0 bridgehead atoms. The Labute approximate surface area is 253 Å². The Kier molecular flexibility index (Phi) is 11.6. The molecule has 0 heterocycles. The highest BCUT2D eigenvalue weighted by molar-refractivity contribution is 6.74. The lowest BCUT2D eigenvalue weighted by atomic mass is 10.0. The summed E-state index contributed by atoms with van der Waals surface area (Å²) in [6, 6.07) is 14.7. The van der Waals surface area contributed by atoms with Crippen LogP contribution in [0.2, 0.25) is 36.3 Å². The molecule has 0 saturated heterocycles. The Morgan fingerprint density at radius 2 is 1.32 bits per heavy atom. The lowest BCUT2D eigenvalue weighted by Gasteiger charge is -2.37. The molecule has 0 radical (unpaired) electrons. The lowest BCUT2D eigenvalue weighted by molar-refractivity contribution is 0.133. The van der Waals surface area contributed by atoms with Crippen molar-refractivity contribution >= 4 is 22.2 Å². The van der Waals surface area contributed by atoms with Crippen LogP contribution in [0.5, 0.6) is 5.75 Å². The highest BCUT2D eigenvalue weighted by Crippen LogP contribution is 2.39. The zero-order valence-electron chi connectivity index (χ0n) is 28.1. The number of hydrogen-bond acceptors (Lipinski definition) is 4. The van der Waals surface area contributed by atoms with E-state index in [1.54, 1.807) is 19.9 Å². The molecule has 2 rings (SSSR count). The van der Waals surface area contributed by atoms with Crippen molar-refractivity contribution in [3.63, 3.8) is 0 Å². The number of hydrogen-bond donors (Lipinski definition) is 1. The van der Waals surface area contributed by atoms with E-state index >= 15 is 0 Å². The molecule has 0 aliphatic heterocycles. The Morgan fingerprint density at radius 1 is 0.756 bits per heavy atom. The fourth-order valence-corrected chi connectivity index (χ4v) is 5.41. The summed E-state index contributed by atoms with van der Waals surface area (Å²) >= 11 is 0. The van der Waals surface area contributed by atoms with E-state index in [9.17, 15) is 5.11 Å². The Hall–Kier alpha value is -1.97. The Balaban J connectivity index is 2.25. The zero-order valence-corrected chi connectivity index (χ0v) is 30.1. The maximum Gasteiger partial charge on any atom is 0.192 e. The summed E-state index contributed by atoms with van der Waals surface area (Å²) in [5.74, 6) is 0.834. The van der Waals surface area contributed by atoms with Crippen molar-refractivity contribution in [3.8, 4) is 5.75 Å². The molecule has 41 heavy (non-hydrogen) atoms. The van der Waals surface area contributed by atoms with Crippen LogP contribution < -0.4 is 4.74 Å². The molecule has 0 aliphatic rings. The van der Waals surface area contributed by atoms with E-state index < -0.39 is 22.2 Å². The van der Waals surface area contributed by atoms with Crippen molar-refractivity contribution in [1.29, 1.82) is 0 Å². The van der Waals surface area contributed by atoms with Crippen LogP contribution in [0, 0.1) is 0 Å². The van der Waals surface area contributed by atoms with Crippen LogP contribution in [0.15, 0.2) is 60.7 Å². The minimum absolute atomic E-state index is 0.139. The molecule has 228 valence electrons. The first kappa shape index (κ1) is 35.2. The first-order valence-electron chi connectivity index (χ1n) is 14.8. The third-order valence-corrected chi connectivity index (χ3v) is 17.6. The Morgan fingerprint density at radius 3 is 1.85 bits per heavy atom. The summed E-state index contributed by atoms with van der Waals surface area (Å²) in [4.78, 5) is 0. The van der Waals surface area contributed by atoms with Gasteiger partial charge in [-0.2, -0.15) is 0 Å². The van der Waals surface area contributed by atoms with Crippen molar-refractivity contribution in [1.82, 2.24) is 0 Å². The SMILES string of the molecule is C/C(=C/C=C/C(C)(C)O)c1cccc(COc2ccc(CO[Si](C)(C)C(C)(C)C)c(CO[Si](C)(C)C(C)(C)C)c2)c1. The van der Waals surface area contributed by atoms with E-state index in [0.717, 1.165) is 28.0 Å². The lowest BCUT2D eigenvalue weighted by Crippen LogP contribution is -2.41. The van der Waals surface area contributed by atoms with Gasteiger partial charge in [0.1, 0.15) is 12.4 Å². The first-order chi connectivity index (χ1) is 18.6. The van der Waals surface area contributed by atoms with Gasteiger partial charge in [-0.3, -0.25) is 0 Å². The molecule has 0 unspecified atom stereocenters. The molecule has 0 fully saturated rings. The highest BCUT2D eigenvalue weighted by Gasteiger charge is 2.38. The summed E-state index contributed by atoms with van der Waals surface area (Å²) < 4.78 is 19.5. The van der Waals surface area contributed by atoms with E-state index in [1.165, 1.54) is 5.56 Å². The van der Waals surface area contributed by atoms with E-state index in [4.69, 9.17) is 13.6 Å². The van der Waals surface area contributed by atoms with Gasteiger partial charge in [-0.05, 0) is 103 Å². The molecule has 2 aromatic rings. The molecule has 0 aromatic heterocycles. The van der Waals surface area contributed by atoms with Gasteiger partial charge in [0.05, 0.1) is 18.8 Å². The van der Waals surface area contributed by atoms with E-state index in [-0.39, 0.29) is 10.1 Å². The number of ether oxygens (including phenoxy) is 1. The zero-order chi connectivity index (χ0) is 31.3. The number of aliphatic hydroxyl groups is 1. The van der Waals surface area contributed by atoms with Gasteiger partial charge in [0.15, 0.2) is 16.6 Å². The second kappa shape index (κ2) is 13.6. The van der Waals surface area contributed by atoms with E-state index in [1.807, 2.05) is 12.2 Å². The van der Waals surface area contributed by atoms with Crippen LogP contribution in [0.1, 0.15) is 84.6 Å². The monoisotopic (exact) mass is 596 g/mol. The van der Waals surface area contributed by atoms with Crippen LogP contribution in [-0.2, 0) is 28.7 Å². The van der Waals surface area contributed by atoms with Crippen molar-refractivity contribution in [2.45, 2.75) is 124 Å². The summed E-state index contributed by atoms with van der Waals surface area (Å²) in [6.07, 6.45) is 5.72. The molecule has 2 aromatic carbocycles. The molecule has 6 heteroatoms.